The van der Waals surface area contributed by atoms with Gasteiger partial charge in [-0.3, -0.25) is 0 Å². The van der Waals surface area contributed by atoms with Crippen molar-refractivity contribution in [1.82, 2.24) is 4.98 Å². The summed E-state index contributed by atoms with van der Waals surface area (Å²) in [6, 6.07) is 14.9. The van der Waals surface area contributed by atoms with E-state index < -0.39 is 0 Å². The van der Waals surface area contributed by atoms with Crippen LogP contribution in [0.2, 0.25) is 0 Å². The van der Waals surface area contributed by atoms with Crippen molar-refractivity contribution < 1.29 is 0 Å². The van der Waals surface area contributed by atoms with Gasteiger partial charge in [-0.05, 0) is 43.5 Å². The van der Waals surface area contributed by atoms with E-state index in [-0.39, 0.29) is 0 Å². The van der Waals surface area contributed by atoms with Crippen LogP contribution in [0.15, 0.2) is 47.8 Å². The summed E-state index contributed by atoms with van der Waals surface area (Å²) in [5.41, 5.74) is 7.24. The average molecular weight is 308 g/mol. The van der Waals surface area contributed by atoms with Gasteiger partial charge in [0.2, 0.25) is 0 Å². The van der Waals surface area contributed by atoms with Crippen LogP contribution in [0.1, 0.15) is 23.6 Å². The number of anilines is 2. The third kappa shape index (κ3) is 3.04. The lowest BCUT2D eigenvalue weighted by Gasteiger charge is -2.08. The number of hydrogen-bond acceptors (Lipinski definition) is 3. The molecule has 0 unspecified atom stereocenters. The van der Waals surface area contributed by atoms with Crippen molar-refractivity contribution in [2.45, 2.75) is 27.2 Å². The number of benzene rings is 2. The lowest BCUT2D eigenvalue weighted by atomic mass is 10.0. The molecule has 1 aromatic heterocycles. The van der Waals surface area contributed by atoms with Crippen LogP contribution in [0, 0.1) is 13.8 Å². The molecule has 3 aromatic rings. The van der Waals surface area contributed by atoms with Crippen molar-refractivity contribution in [3.8, 4) is 11.3 Å². The topological polar surface area (TPSA) is 24.9 Å². The average Bonchev–Trinajstić information content (AvgIpc) is 2.98. The van der Waals surface area contributed by atoms with Gasteiger partial charge in [0.1, 0.15) is 0 Å². The predicted molar refractivity (Wildman–Crippen MR) is 96.1 cm³/mol. The SMILES string of the molecule is CCc1ccccc1Nc1nc(-c2cc(C)ccc2C)cs1. The van der Waals surface area contributed by atoms with E-state index in [1.165, 1.54) is 22.3 Å². The second-order valence-electron chi connectivity index (χ2n) is 5.49. The molecule has 0 atom stereocenters. The van der Waals surface area contributed by atoms with Gasteiger partial charge in [0.25, 0.3) is 0 Å². The lowest BCUT2D eigenvalue weighted by Crippen LogP contribution is -1.94. The predicted octanol–water partition coefficient (Wildman–Crippen LogP) is 5.73. The van der Waals surface area contributed by atoms with Crippen molar-refractivity contribution >= 4 is 22.2 Å². The summed E-state index contributed by atoms with van der Waals surface area (Å²) < 4.78 is 0. The molecule has 112 valence electrons. The molecule has 0 spiro atoms. The number of thiazole rings is 1. The minimum atomic E-state index is 0.941. The summed E-state index contributed by atoms with van der Waals surface area (Å²) in [6.45, 7) is 6.42. The first-order valence-corrected chi connectivity index (χ1v) is 8.43. The summed E-state index contributed by atoms with van der Waals surface area (Å²) in [5, 5.41) is 6.52. The molecule has 0 saturated carbocycles. The Balaban J connectivity index is 1.89. The molecule has 0 saturated heterocycles. The van der Waals surface area contributed by atoms with Crippen molar-refractivity contribution in [3.05, 3.63) is 64.5 Å². The van der Waals surface area contributed by atoms with Gasteiger partial charge < -0.3 is 5.32 Å². The molecular formula is C19H20N2S. The fraction of sp³-hybridized carbons (Fsp3) is 0.211. The van der Waals surface area contributed by atoms with Crippen LogP contribution < -0.4 is 5.32 Å². The number of aromatic nitrogens is 1. The van der Waals surface area contributed by atoms with Crippen LogP contribution in [0.5, 0.6) is 0 Å². The smallest absolute Gasteiger partial charge is 0.187 e. The number of rotatable bonds is 4. The van der Waals surface area contributed by atoms with E-state index in [1.807, 2.05) is 0 Å². The first kappa shape index (κ1) is 14.8. The zero-order chi connectivity index (χ0) is 15.5. The minimum Gasteiger partial charge on any atom is -0.331 e. The molecule has 0 fully saturated rings. The van der Waals surface area contributed by atoms with Crippen LogP contribution in [-0.2, 0) is 6.42 Å². The van der Waals surface area contributed by atoms with Crippen molar-refractivity contribution in [2.75, 3.05) is 5.32 Å². The maximum Gasteiger partial charge on any atom is 0.187 e. The molecule has 0 bridgehead atoms. The first-order valence-electron chi connectivity index (χ1n) is 7.55. The fourth-order valence-electron chi connectivity index (χ4n) is 2.53. The number of aryl methyl sites for hydroxylation is 3. The number of hydrogen-bond donors (Lipinski definition) is 1. The van der Waals surface area contributed by atoms with Crippen molar-refractivity contribution in [2.24, 2.45) is 0 Å². The Morgan fingerprint density at radius 3 is 2.73 bits per heavy atom. The molecule has 0 aliphatic carbocycles. The molecule has 1 heterocycles. The van der Waals surface area contributed by atoms with Crippen molar-refractivity contribution in [3.63, 3.8) is 0 Å². The normalized spacial score (nSPS) is 10.7. The highest BCUT2D eigenvalue weighted by molar-refractivity contribution is 7.14. The standard InChI is InChI=1S/C19H20N2S/c1-4-15-7-5-6-8-17(15)20-19-21-18(12-22-19)16-11-13(2)9-10-14(16)3/h5-12H,4H2,1-3H3,(H,20,21). The summed E-state index contributed by atoms with van der Waals surface area (Å²) in [4.78, 5) is 4.76. The highest BCUT2D eigenvalue weighted by Gasteiger charge is 2.09. The number of nitrogens with zero attached hydrogens (tertiary/aromatic N) is 1. The first-order chi connectivity index (χ1) is 10.7. The number of nitrogens with one attached hydrogen (secondary N) is 1. The molecule has 0 aliphatic rings. The van der Waals surface area contributed by atoms with Crippen molar-refractivity contribution in [1.29, 1.82) is 0 Å². The summed E-state index contributed by atoms with van der Waals surface area (Å²) in [5.74, 6) is 0. The Morgan fingerprint density at radius 2 is 1.91 bits per heavy atom. The van der Waals surface area contributed by atoms with E-state index in [1.54, 1.807) is 11.3 Å². The number of para-hydroxylation sites is 1. The molecule has 2 aromatic carbocycles. The van der Waals surface area contributed by atoms with E-state index >= 15 is 0 Å². The molecule has 1 N–H and O–H groups in total. The van der Waals surface area contributed by atoms with E-state index in [4.69, 9.17) is 4.98 Å². The molecule has 2 nitrogen and oxygen atoms in total. The molecule has 0 radical (unpaired) electrons. The zero-order valence-corrected chi connectivity index (χ0v) is 14.0. The maximum absolute atomic E-state index is 4.76. The van der Waals surface area contributed by atoms with E-state index in [2.05, 4.69) is 73.9 Å². The van der Waals surface area contributed by atoms with E-state index in [0.29, 0.717) is 0 Å². The molecule has 0 aliphatic heterocycles. The van der Waals surface area contributed by atoms with Crippen LogP contribution in [0.3, 0.4) is 0 Å². The monoisotopic (exact) mass is 308 g/mol. The summed E-state index contributed by atoms with van der Waals surface area (Å²) >= 11 is 1.65. The second kappa shape index (κ2) is 6.32. The van der Waals surface area contributed by atoms with Crippen LogP contribution in [0.25, 0.3) is 11.3 Å². The van der Waals surface area contributed by atoms with Gasteiger partial charge in [0, 0.05) is 16.6 Å². The van der Waals surface area contributed by atoms with Gasteiger partial charge in [-0.2, -0.15) is 0 Å². The highest BCUT2D eigenvalue weighted by atomic mass is 32.1. The summed E-state index contributed by atoms with van der Waals surface area (Å²) in [7, 11) is 0. The van der Waals surface area contributed by atoms with Crippen LogP contribution in [0.4, 0.5) is 10.8 Å². The third-order valence-electron chi connectivity index (χ3n) is 3.81. The Morgan fingerprint density at radius 1 is 1.09 bits per heavy atom. The summed E-state index contributed by atoms with van der Waals surface area (Å²) in [6.07, 6.45) is 1.01. The van der Waals surface area contributed by atoms with Gasteiger partial charge in [-0.1, -0.05) is 42.8 Å². The second-order valence-corrected chi connectivity index (χ2v) is 6.35. The van der Waals surface area contributed by atoms with Gasteiger partial charge in [0.05, 0.1) is 5.69 Å². The van der Waals surface area contributed by atoms with Crippen LogP contribution >= 0.6 is 11.3 Å². The minimum absolute atomic E-state index is 0.941. The Bertz CT molecular complexity index is 790. The molecule has 3 rings (SSSR count). The largest absolute Gasteiger partial charge is 0.331 e. The quantitative estimate of drug-likeness (QED) is 0.665. The van der Waals surface area contributed by atoms with E-state index in [0.717, 1.165) is 22.9 Å². The van der Waals surface area contributed by atoms with Crippen LogP contribution in [-0.4, -0.2) is 4.98 Å². The molecule has 22 heavy (non-hydrogen) atoms. The Kier molecular flexibility index (Phi) is 4.25. The molecule has 3 heteroatoms. The fourth-order valence-corrected chi connectivity index (χ4v) is 3.26. The highest BCUT2D eigenvalue weighted by Crippen LogP contribution is 2.30. The molecular weight excluding hydrogens is 288 g/mol. The molecule has 0 amide bonds. The van der Waals surface area contributed by atoms with Gasteiger partial charge in [-0.25, -0.2) is 4.98 Å². The maximum atomic E-state index is 4.76. The van der Waals surface area contributed by atoms with Gasteiger partial charge >= 0.3 is 0 Å². The van der Waals surface area contributed by atoms with Gasteiger partial charge in [0.15, 0.2) is 5.13 Å². The third-order valence-corrected chi connectivity index (χ3v) is 4.57. The van der Waals surface area contributed by atoms with E-state index in [9.17, 15) is 0 Å². The lowest BCUT2D eigenvalue weighted by molar-refractivity contribution is 1.14. The Hall–Kier alpha value is -2.13. The zero-order valence-electron chi connectivity index (χ0n) is 13.2. The van der Waals surface area contributed by atoms with Gasteiger partial charge in [-0.15, -0.1) is 11.3 Å². The Labute approximate surface area is 135 Å².